The summed E-state index contributed by atoms with van der Waals surface area (Å²) in [5.41, 5.74) is 2.39. The van der Waals surface area contributed by atoms with Crippen LogP contribution in [0.15, 0.2) is 70.2 Å². The summed E-state index contributed by atoms with van der Waals surface area (Å²) < 4.78 is 7.81. The lowest BCUT2D eigenvalue weighted by Crippen LogP contribution is -2.58. The molecule has 9 heteroatoms. The maximum absolute atomic E-state index is 13.2. The van der Waals surface area contributed by atoms with Crippen LogP contribution in [-0.2, 0) is 4.79 Å². The van der Waals surface area contributed by atoms with Gasteiger partial charge >= 0.3 is 6.17 Å². The Balaban J connectivity index is 1.71. The van der Waals surface area contributed by atoms with Crippen LogP contribution < -0.4 is 14.7 Å². The number of amides is 1. The third-order valence-corrected chi connectivity index (χ3v) is 6.80. The number of thioether (sulfide) groups is 1. The van der Waals surface area contributed by atoms with Crippen LogP contribution in [-0.4, -0.2) is 21.7 Å². The van der Waals surface area contributed by atoms with E-state index in [0.717, 1.165) is 17.7 Å². The number of nitrogens with zero attached hydrogens (tertiary/aromatic N) is 4. The molecule has 2 aromatic carbocycles. The van der Waals surface area contributed by atoms with Crippen LogP contribution in [0, 0.1) is 0 Å². The van der Waals surface area contributed by atoms with E-state index in [0.29, 0.717) is 38.6 Å². The Labute approximate surface area is 206 Å². The quantitative estimate of drug-likeness (QED) is 0.293. The number of para-hydroxylation sites is 1. The van der Waals surface area contributed by atoms with Gasteiger partial charge in [-0.2, -0.15) is 0 Å². The summed E-state index contributed by atoms with van der Waals surface area (Å²) in [7, 11) is 0. The van der Waals surface area contributed by atoms with E-state index < -0.39 is 12.0 Å². The first kappa shape index (κ1) is 22.4. The Morgan fingerprint density at radius 3 is 2.68 bits per heavy atom. The molecule has 3 heterocycles. The summed E-state index contributed by atoms with van der Waals surface area (Å²) in [4.78, 5) is 18.8. The molecule has 0 aliphatic carbocycles. The standard InChI is InChI=1S/C25H21ClN4O3S/c1-3-14-34-25-27-23(32)22-18-6-4-5-7-19(18)29(15(2)31)24(30(22)28-25)21-13-12-20(33-21)16-8-10-17(26)11-9-16/h4-13,24H,3,14H2,1-2H3. The van der Waals surface area contributed by atoms with Gasteiger partial charge in [0.25, 0.3) is 10.9 Å². The minimum Gasteiger partial charge on any atom is -0.854 e. The van der Waals surface area contributed by atoms with Crippen molar-refractivity contribution >= 4 is 35.0 Å². The maximum Gasteiger partial charge on any atom is 0.325 e. The molecule has 0 fully saturated rings. The molecule has 0 spiro atoms. The van der Waals surface area contributed by atoms with Crippen molar-refractivity contribution in [2.24, 2.45) is 0 Å². The zero-order chi connectivity index (χ0) is 23.8. The van der Waals surface area contributed by atoms with Gasteiger partial charge in [0.1, 0.15) is 5.76 Å². The Hall–Kier alpha value is -3.36. The smallest absolute Gasteiger partial charge is 0.325 e. The molecule has 1 unspecified atom stereocenters. The highest BCUT2D eigenvalue weighted by Gasteiger charge is 2.45. The molecular weight excluding hydrogens is 472 g/mol. The number of fused-ring (bicyclic) bond motifs is 3. The van der Waals surface area contributed by atoms with Gasteiger partial charge in [-0.25, -0.2) is 9.88 Å². The number of rotatable bonds is 5. The number of hydrogen-bond acceptors (Lipinski definition) is 6. The highest BCUT2D eigenvalue weighted by Crippen LogP contribution is 2.41. The second-order valence-electron chi connectivity index (χ2n) is 7.83. The van der Waals surface area contributed by atoms with Gasteiger partial charge in [-0.15, -0.1) is 0 Å². The van der Waals surface area contributed by atoms with Crippen molar-refractivity contribution in [2.45, 2.75) is 31.6 Å². The third-order valence-electron chi connectivity index (χ3n) is 5.50. The van der Waals surface area contributed by atoms with E-state index in [9.17, 15) is 9.90 Å². The first-order valence-electron chi connectivity index (χ1n) is 10.9. The fourth-order valence-electron chi connectivity index (χ4n) is 4.05. The van der Waals surface area contributed by atoms with Crippen molar-refractivity contribution in [1.82, 2.24) is 10.1 Å². The minimum absolute atomic E-state index is 0.200. The molecule has 172 valence electrons. The van der Waals surface area contributed by atoms with Crippen LogP contribution in [0.1, 0.15) is 32.2 Å². The number of benzene rings is 2. The number of furan rings is 1. The number of halogens is 1. The molecule has 1 aliphatic heterocycles. The molecule has 0 radical (unpaired) electrons. The van der Waals surface area contributed by atoms with Crippen molar-refractivity contribution in [3.8, 4) is 28.5 Å². The second-order valence-corrected chi connectivity index (χ2v) is 9.33. The molecule has 0 bridgehead atoms. The zero-order valence-electron chi connectivity index (χ0n) is 18.6. The minimum atomic E-state index is -0.778. The summed E-state index contributed by atoms with van der Waals surface area (Å²) in [6.07, 6.45) is 0.137. The van der Waals surface area contributed by atoms with E-state index >= 15 is 0 Å². The molecule has 0 saturated heterocycles. The summed E-state index contributed by atoms with van der Waals surface area (Å²) in [6, 6.07) is 18.2. The number of aromatic nitrogens is 3. The van der Waals surface area contributed by atoms with Gasteiger partial charge in [0.15, 0.2) is 5.76 Å². The lowest BCUT2D eigenvalue weighted by Gasteiger charge is -2.31. The molecule has 2 aromatic heterocycles. The predicted octanol–water partition coefficient (Wildman–Crippen LogP) is 4.83. The van der Waals surface area contributed by atoms with Crippen molar-refractivity contribution in [2.75, 3.05) is 10.7 Å². The molecule has 0 N–H and O–H groups in total. The van der Waals surface area contributed by atoms with Crippen LogP contribution in [0.4, 0.5) is 5.69 Å². The summed E-state index contributed by atoms with van der Waals surface area (Å²) >= 11 is 7.44. The monoisotopic (exact) mass is 492 g/mol. The van der Waals surface area contributed by atoms with Gasteiger partial charge in [0, 0.05) is 28.4 Å². The Bertz CT molecular complexity index is 1370. The SMILES string of the molecule is CCCSc1nc([O-])c2[n+](n1)C(c1ccc(-c3ccc(Cl)cc3)o1)N(C(C)=O)c1ccccc1-2. The van der Waals surface area contributed by atoms with Crippen molar-refractivity contribution < 1.29 is 19.0 Å². The van der Waals surface area contributed by atoms with Crippen LogP contribution in [0.3, 0.4) is 0 Å². The lowest BCUT2D eigenvalue weighted by atomic mass is 10.0. The first-order chi connectivity index (χ1) is 16.5. The molecule has 34 heavy (non-hydrogen) atoms. The van der Waals surface area contributed by atoms with E-state index in [1.54, 1.807) is 33.8 Å². The third kappa shape index (κ3) is 3.93. The van der Waals surface area contributed by atoms with E-state index in [2.05, 4.69) is 4.98 Å². The topological polar surface area (TPSA) is 86.2 Å². The first-order valence-corrected chi connectivity index (χ1v) is 12.2. The van der Waals surface area contributed by atoms with Crippen molar-refractivity contribution in [3.63, 3.8) is 0 Å². The molecule has 1 amide bonds. The Kier molecular flexibility index (Phi) is 6.02. The van der Waals surface area contributed by atoms with Gasteiger partial charge in [0.2, 0.25) is 5.91 Å². The van der Waals surface area contributed by atoms with Crippen LogP contribution in [0.2, 0.25) is 5.02 Å². The summed E-state index contributed by atoms with van der Waals surface area (Å²) in [5.74, 6) is 1.28. The van der Waals surface area contributed by atoms with Crippen molar-refractivity contribution in [1.29, 1.82) is 0 Å². The lowest BCUT2D eigenvalue weighted by molar-refractivity contribution is -0.765. The molecule has 1 aliphatic rings. The highest BCUT2D eigenvalue weighted by molar-refractivity contribution is 7.99. The molecule has 5 rings (SSSR count). The number of anilines is 1. The van der Waals surface area contributed by atoms with Crippen LogP contribution >= 0.6 is 23.4 Å². The zero-order valence-corrected chi connectivity index (χ0v) is 20.1. The van der Waals surface area contributed by atoms with Gasteiger partial charge in [-0.05, 0) is 59.6 Å². The second kappa shape index (κ2) is 9.12. The Morgan fingerprint density at radius 2 is 1.94 bits per heavy atom. The predicted molar refractivity (Wildman–Crippen MR) is 129 cm³/mol. The molecule has 4 aromatic rings. The van der Waals surface area contributed by atoms with Gasteiger partial charge in [-0.1, -0.05) is 42.4 Å². The average molecular weight is 493 g/mol. The van der Waals surface area contributed by atoms with E-state index in [1.807, 2.05) is 43.3 Å². The van der Waals surface area contributed by atoms with Crippen molar-refractivity contribution in [3.05, 3.63) is 71.4 Å². The van der Waals surface area contributed by atoms with Crippen LogP contribution in [0.25, 0.3) is 22.6 Å². The van der Waals surface area contributed by atoms with Gasteiger partial charge in [0.05, 0.1) is 17.1 Å². The highest BCUT2D eigenvalue weighted by atomic mass is 35.5. The van der Waals surface area contributed by atoms with Gasteiger partial charge in [-0.3, -0.25) is 4.79 Å². The number of hydrogen-bond donors (Lipinski definition) is 0. The fourth-order valence-corrected chi connectivity index (χ4v) is 4.85. The number of carbonyl (C=O) groups excluding carboxylic acids is 1. The summed E-state index contributed by atoms with van der Waals surface area (Å²) in [5, 5.41) is 18.9. The average Bonchev–Trinajstić information content (AvgIpc) is 3.31. The van der Waals surface area contributed by atoms with E-state index in [4.69, 9.17) is 21.1 Å². The fraction of sp³-hybridized carbons (Fsp3) is 0.200. The largest absolute Gasteiger partial charge is 0.854 e. The maximum atomic E-state index is 13.2. The van der Waals surface area contributed by atoms with E-state index in [-0.39, 0.29) is 5.91 Å². The Morgan fingerprint density at radius 1 is 1.18 bits per heavy atom. The summed E-state index contributed by atoms with van der Waals surface area (Å²) in [6.45, 7) is 3.54. The van der Waals surface area contributed by atoms with Crippen LogP contribution in [0.5, 0.6) is 5.88 Å². The molecule has 7 nitrogen and oxygen atoms in total. The normalized spacial score (nSPS) is 14.6. The molecule has 1 atom stereocenters. The van der Waals surface area contributed by atoms with Gasteiger partial charge < -0.3 is 9.52 Å². The van der Waals surface area contributed by atoms with E-state index in [1.165, 1.54) is 18.7 Å². The molecule has 0 saturated carbocycles. The molecular formula is C25H21ClN4O3S. The number of carbonyl (C=O) groups is 1.